The molecule has 2 aliphatic rings. The summed E-state index contributed by atoms with van der Waals surface area (Å²) in [6, 6.07) is 11.4. The van der Waals surface area contributed by atoms with Crippen molar-refractivity contribution in [3.8, 4) is 0 Å². The minimum atomic E-state index is -0.501. The quantitative estimate of drug-likeness (QED) is 0.629. The number of fused-ring (bicyclic) bond motifs is 3. The first-order valence-electron chi connectivity index (χ1n) is 7.51. The van der Waals surface area contributed by atoms with E-state index in [0.29, 0.717) is 11.3 Å². The van der Waals surface area contributed by atoms with Crippen LogP contribution in [0, 0.1) is 5.92 Å². The third-order valence-electron chi connectivity index (χ3n) is 5.05. The predicted octanol–water partition coefficient (Wildman–Crippen LogP) is 3.41. The molecule has 2 aromatic carbocycles. The van der Waals surface area contributed by atoms with Gasteiger partial charge in [-0.15, -0.1) is 0 Å². The number of carbonyl (C=O) groups excluding carboxylic acids is 2. The molecule has 22 heavy (non-hydrogen) atoms. The first kappa shape index (κ1) is 13.3. The number of Topliss-reactive ketones (excluding diaryl/α,β-unsaturated/α-hetero) is 1. The number of ether oxygens (including phenoxy) is 1. The van der Waals surface area contributed by atoms with Gasteiger partial charge in [-0.25, -0.2) is 4.79 Å². The van der Waals surface area contributed by atoms with Crippen LogP contribution >= 0.6 is 0 Å². The molecule has 0 radical (unpaired) electrons. The molecule has 4 rings (SSSR count). The Labute approximate surface area is 128 Å². The van der Waals surface area contributed by atoms with E-state index in [1.165, 1.54) is 7.11 Å². The van der Waals surface area contributed by atoms with Crippen molar-refractivity contribution >= 4 is 22.5 Å². The van der Waals surface area contributed by atoms with E-state index in [1.54, 1.807) is 6.07 Å². The number of methoxy groups -OCH3 is 1. The van der Waals surface area contributed by atoms with E-state index in [4.69, 9.17) is 4.74 Å². The van der Waals surface area contributed by atoms with E-state index >= 15 is 0 Å². The lowest BCUT2D eigenvalue weighted by atomic mass is 9.77. The molecule has 2 atom stereocenters. The Morgan fingerprint density at radius 2 is 1.95 bits per heavy atom. The number of esters is 1. The van der Waals surface area contributed by atoms with Gasteiger partial charge in [-0.2, -0.15) is 0 Å². The number of hydrogen-bond donors (Lipinski definition) is 0. The first-order chi connectivity index (χ1) is 10.7. The Kier molecular flexibility index (Phi) is 2.73. The van der Waals surface area contributed by atoms with Crippen molar-refractivity contribution < 1.29 is 14.3 Å². The van der Waals surface area contributed by atoms with Gasteiger partial charge in [-0.1, -0.05) is 42.5 Å². The second kappa shape index (κ2) is 4.54. The molecule has 0 saturated heterocycles. The fourth-order valence-corrected chi connectivity index (χ4v) is 3.94. The average molecular weight is 292 g/mol. The molecule has 0 amide bonds. The fraction of sp³-hybridized carbons (Fsp3) is 0.263. The Hall–Kier alpha value is -2.42. The van der Waals surface area contributed by atoms with Gasteiger partial charge in [0, 0.05) is 5.92 Å². The molecule has 0 spiro atoms. The standard InChI is InChI=1S/C19H16O3/c1-22-18(21)15-6-2-5-14-13(15)4-3-7-16(14)19-10-8-12(9-11-19)17(19)20/h2-8,10,12H,9,11H2,1H3. The molecule has 3 nitrogen and oxygen atoms in total. The van der Waals surface area contributed by atoms with E-state index in [0.717, 1.165) is 29.2 Å². The maximum atomic E-state index is 12.7. The van der Waals surface area contributed by atoms with Crippen LogP contribution in [-0.4, -0.2) is 18.9 Å². The smallest absolute Gasteiger partial charge is 0.338 e. The van der Waals surface area contributed by atoms with Crippen molar-refractivity contribution in [2.45, 2.75) is 18.3 Å². The maximum absolute atomic E-state index is 12.7. The van der Waals surface area contributed by atoms with Crippen LogP contribution in [0.1, 0.15) is 28.8 Å². The minimum absolute atomic E-state index is 0.0686. The van der Waals surface area contributed by atoms with Gasteiger partial charge in [0.05, 0.1) is 18.1 Å². The zero-order valence-electron chi connectivity index (χ0n) is 12.3. The van der Waals surface area contributed by atoms with E-state index < -0.39 is 5.41 Å². The van der Waals surface area contributed by atoms with Crippen molar-refractivity contribution in [1.29, 1.82) is 0 Å². The molecule has 1 fully saturated rings. The van der Waals surface area contributed by atoms with E-state index in [-0.39, 0.29) is 11.9 Å². The summed E-state index contributed by atoms with van der Waals surface area (Å²) in [5, 5.41) is 1.81. The summed E-state index contributed by atoms with van der Waals surface area (Å²) in [5.74, 6) is 0.0142. The number of ketones is 1. The Balaban J connectivity index is 1.99. The summed E-state index contributed by atoms with van der Waals surface area (Å²) in [5.41, 5.74) is 1.05. The molecule has 2 aromatic rings. The fourth-order valence-electron chi connectivity index (χ4n) is 3.94. The maximum Gasteiger partial charge on any atom is 0.338 e. The molecule has 2 unspecified atom stereocenters. The Bertz CT molecular complexity index is 834. The summed E-state index contributed by atoms with van der Waals surface area (Å²) < 4.78 is 4.87. The lowest BCUT2D eigenvalue weighted by Gasteiger charge is -2.24. The third-order valence-corrected chi connectivity index (χ3v) is 5.05. The van der Waals surface area contributed by atoms with Crippen LogP contribution in [0.25, 0.3) is 10.8 Å². The molecule has 1 saturated carbocycles. The number of carbonyl (C=O) groups is 2. The number of rotatable bonds is 2. The first-order valence-corrected chi connectivity index (χ1v) is 7.51. The second-order valence-electron chi connectivity index (χ2n) is 6.04. The van der Waals surface area contributed by atoms with E-state index in [9.17, 15) is 9.59 Å². The highest BCUT2D eigenvalue weighted by atomic mass is 16.5. The van der Waals surface area contributed by atoms with Crippen LogP contribution in [0.4, 0.5) is 0 Å². The monoisotopic (exact) mass is 292 g/mol. The Morgan fingerprint density at radius 1 is 1.18 bits per heavy atom. The van der Waals surface area contributed by atoms with Crippen molar-refractivity contribution in [2.75, 3.05) is 7.11 Å². The molecule has 0 heterocycles. The van der Waals surface area contributed by atoms with Crippen LogP contribution in [0.2, 0.25) is 0 Å². The highest BCUT2D eigenvalue weighted by Gasteiger charge is 2.50. The Morgan fingerprint density at radius 3 is 2.59 bits per heavy atom. The van der Waals surface area contributed by atoms with Crippen LogP contribution in [0.5, 0.6) is 0 Å². The van der Waals surface area contributed by atoms with Crippen LogP contribution < -0.4 is 0 Å². The third kappa shape index (κ3) is 1.56. The number of allylic oxidation sites excluding steroid dienone is 2. The van der Waals surface area contributed by atoms with Gasteiger partial charge < -0.3 is 4.74 Å². The lowest BCUT2D eigenvalue weighted by Crippen LogP contribution is -2.27. The highest BCUT2D eigenvalue weighted by molar-refractivity contribution is 6.09. The summed E-state index contributed by atoms with van der Waals surface area (Å²) in [4.78, 5) is 24.6. The SMILES string of the molecule is COC(=O)c1cccc2c(C34C=CC(CC3)C4=O)cccc12. The topological polar surface area (TPSA) is 43.4 Å². The second-order valence-corrected chi connectivity index (χ2v) is 6.04. The molecule has 2 bridgehead atoms. The van der Waals surface area contributed by atoms with Gasteiger partial charge in [0.2, 0.25) is 0 Å². The summed E-state index contributed by atoms with van der Waals surface area (Å²) in [7, 11) is 1.38. The summed E-state index contributed by atoms with van der Waals surface area (Å²) in [6.45, 7) is 0. The number of hydrogen-bond acceptors (Lipinski definition) is 3. The zero-order chi connectivity index (χ0) is 15.3. The molecule has 0 aliphatic heterocycles. The van der Waals surface area contributed by atoms with Gasteiger partial charge in [-0.3, -0.25) is 4.79 Å². The molecule has 110 valence electrons. The molecule has 0 aromatic heterocycles. The summed E-state index contributed by atoms with van der Waals surface area (Å²) in [6.07, 6.45) is 5.87. The van der Waals surface area contributed by atoms with Crippen LogP contribution in [0.15, 0.2) is 48.6 Å². The minimum Gasteiger partial charge on any atom is -0.465 e. The van der Waals surface area contributed by atoms with Crippen molar-refractivity contribution in [3.63, 3.8) is 0 Å². The van der Waals surface area contributed by atoms with Gasteiger partial charge in [-0.05, 0) is 35.2 Å². The van der Waals surface area contributed by atoms with Crippen molar-refractivity contribution in [3.05, 3.63) is 59.7 Å². The molecule has 2 aliphatic carbocycles. The van der Waals surface area contributed by atoms with Crippen molar-refractivity contribution in [1.82, 2.24) is 0 Å². The van der Waals surface area contributed by atoms with Gasteiger partial charge in [0.15, 0.2) is 5.78 Å². The van der Waals surface area contributed by atoms with Gasteiger partial charge >= 0.3 is 5.97 Å². The number of benzene rings is 2. The van der Waals surface area contributed by atoms with E-state index in [1.807, 2.05) is 36.4 Å². The largest absolute Gasteiger partial charge is 0.465 e. The van der Waals surface area contributed by atoms with Crippen molar-refractivity contribution in [2.24, 2.45) is 5.92 Å². The lowest BCUT2D eigenvalue weighted by molar-refractivity contribution is -0.122. The average Bonchev–Trinajstić information content (AvgIpc) is 3.06. The summed E-state index contributed by atoms with van der Waals surface area (Å²) >= 11 is 0. The molecule has 3 heteroatoms. The normalized spacial score (nSPS) is 25.9. The van der Waals surface area contributed by atoms with Gasteiger partial charge in [0.25, 0.3) is 0 Å². The van der Waals surface area contributed by atoms with Crippen LogP contribution in [0.3, 0.4) is 0 Å². The molecular formula is C19H16O3. The highest BCUT2D eigenvalue weighted by Crippen LogP contribution is 2.49. The molecular weight excluding hydrogens is 276 g/mol. The zero-order valence-corrected chi connectivity index (χ0v) is 12.3. The van der Waals surface area contributed by atoms with E-state index in [2.05, 4.69) is 6.08 Å². The van der Waals surface area contributed by atoms with Crippen LogP contribution in [-0.2, 0) is 14.9 Å². The predicted molar refractivity (Wildman–Crippen MR) is 83.8 cm³/mol. The van der Waals surface area contributed by atoms with Gasteiger partial charge in [0.1, 0.15) is 0 Å². The molecule has 0 N–H and O–H groups in total.